The Morgan fingerprint density at radius 3 is 1.89 bits per heavy atom. The SMILES string of the molecule is [Br-].[CH2-]C1OCCCO1.[Mg+2]. The monoisotopic (exact) mass is 204 g/mol. The molecule has 50 valence electrons. The Labute approximate surface area is 82.2 Å². The van der Waals surface area contributed by atoms with E-state index in [0.29, 0.717) is 0 Å². The maximum Gasteiger partial charge on any atom is 2.00 e. The van der Waals surface area contributed by atoms with E-state index in [1.807, 2.05) is 0 Å². The van der Waals surface area contributed by atoms with E-state index in [1.54, 1.807) is 0 Å². The van der Waals surface area contributed by atoms with Crippen molar-refractivity contribution < 1.29 is 26.5 Å². The molecule has 1 rings (SSSR count). The van der Waals surface area contributed by atoms with Crippen molar-refractivity contribution in [3.8, 4) is 0 Å². The third kappa shape index (κ3) is 5.60. The predicted molar refractivity (Wildman–Crippen MR) is 31.4 cm³/mol. The normalized spacial score (nSPS) is 19.7. The predicted octanol–water partition coefficient (Wildman–Crippen LogP) is -2.79. The van der Waals surface area contributed by atoms with Gasteiger partial charge in [0.15, 0.2) is 0 Å². The summed E-state index contributed by atoms with van der Waals surface area (Å²) in [4.78, 5) is 0. The van der Waals surface area contributed by atoms with E-state index >= 15 is 0 Å². The van der Waals surface area contributed by atoms with Crippen molar-refractivity contribution in [2.45, 2.75) is 12.7 Å². The molecule has 2 nitrogen and oxygen atoms in total. The van der Waals surface area contributed by atoms with Gasteiger partial charge in [-0.2, -0.15) is 0 Å². The van der Waals surface area contributed by atoms with Crippen LogP contribution < -0.4 is 17.0 Å². The molecule has 0 aromatic heterocycles. The first-order valence-corrected chi connectivity index (χ1v) is 2.46. The molecule has 0 saturated carbocycles. The van der Waals surface area contributed by atoms with Crippen LogP contribution in [0.1, 0.15) is 6.42 Å². The zero-order valence-electron chi connectivity index (χ0n) is 5.31. The fourth-order valence-electron chi connectivity index (χ4n) is 0.537. The van der Waals surface area contributed by atoms with E-state index in [9.17, 15) is 0 Å². The van der Waals surface area contributed by atoms with Crippen molar-refractivity contribution in [2.75, 3.05) is 13.2 Å². The van der Waals surface area contributed by atoms with Crippen LogP contribution in [0, 0.1) is 6.92 Å². The Morgan fingerprint density at radius 2 is 1.67 bits per heavy atom. The maximum atomic E-state index is 4.94. The summed E-state index contributed by atoms with van der Waals surface area (Å²) in [6.45, 7) is 5.15. The van der Waals surface area contributed by atoms with Crippen molar-refractivity contribution in [2.24, 2.45) is 0 Å². The number of ether oxygens (including phenoxy) is 2. The number of rotatable bonds is 0. The van der Waals surface area contributed by atoms with Crippen molar-refractivity contribution in [3.63, 3.8) is 0 Å². The third-order valence-corrected chi connectivity index (χ3v) is 0.896. The second-order valence-corrected chi connectivity index (χ2v) is 1.52. The molecule has 1 saturated heterocycles. The summed E-state index contributed by atoms with van der Waals surface area (Å²) in [7, 11) is 0. The molecule has 0 unspecified atom stereocenters. The smallest absolute Gasteiger partial charge is 1.00 e. The van der Waals surface area contributed by atoms with Gasteiger partial charge < -0.3 is 26.5 Å². The summed E-state index contributed by atoms with van der Waals surface area (Å²) in [5.74, 6) is 0. The second-order valence-electron chi connectivity index (χ2n) is 1.52. The minimum Gasteiger partial charge on any atom is -1.00 e. The minimum absolute atomic E-state index is 0. The van der Waals surface area contributed by atoms with Crippen LogP contribution >= 0.6 is 0 Å². The van der Waals surface area contributed by atoms with Gasteiger partial charge in [0.05, 0.1) is 0 Å². The molecule has 0 radical (unpaired) electrons. The second kappa shape index (κ2) is 7.28. The molecule has 0 aromatic rings. The largest absolute Gasteiger partial charge is 2.00 e. The van der Waals surface area contributed by atoms with Crippen molar-refractivity contribution >= 4 is 23.1 Å². The molecular weight excluding hydrogens is 196 g/mol. The molecule has 4 heteroatoms. The molecule has 0 atom stereocenters. The van der Waals surface area contributed by atoms with Crippen LogP contribution in [0.2, 0.25) is 0 Å². The van der Waals surface area contributed by atoms with Crippen LogP contribution in [-0.2, 0) is 9.47 Å². The van der Waals surface area contributed by atoms with Crippen LogP contribution in [0.3, 0.4) is 0 Å². The molecular formula is C5H9BrMgO2. The Morgan fingerprint density at radius 1 is 1.22 bits per heavy atom. The Hall–Kier alpha value is 1.17. The molecule has 1 heterocycles. The van der Waals surface area contributed by atoms with Crippen molar-refractivity contribution in [3.05, 3.63) is 6.92 Å². The van der Waals surface area contributed by atoms with E-state index in [4.69, 9.17) is 9.47 Å². The summed E-state index contributed by atoms with van der Waals surface area (Å²) < 4.78 is 9.89. The Bertz CT molecular complexity index is 56.9. The van der Waals surface area contributed by atoms with Gasteiger partial charge in [-0.1, -0.05) is 0 Å². The van der Waals surface area contributed by atoms with Crippen LogP contribution in [0.25, 0.3) is 0 Å². The van der Waals surface area contributed by atoms with Gasteiger partial charge in [0.1, 0.15) is 0 Å². The molecule has 0 N–H and O–H groups in total. The number of halogens is 1. The van der Waals surface area contributed by atoms with E-state index in [1.165, 1.54) is 0 Å². The molecule has 0 bridgehead atoms. The fraction of sp³-hybridized carbons (Fsp3) is 0.800. The van der Waals surface area contributed by atoms with Crippen molar-refractivity contribution in [1.82, 2.24) is 0 Å². The molecule has 1 aliphatic rings. The van der Waals surface area contributed by atoms with Crippen LogP contribution in [0.4, 0.5) is 0 Å². The molecule has 0 aliphatic carbocycles. The summed E-state index contributed by atoms with van der Waals surface area (Å²) >= 11 is 0. The van der Waals surface area contributed by atoms with E-state index in [2.05, 4.69) is 6.92 Å². The van der Waals surface area contributed by atoms with Gasteiger partial charge in [0.25, 0.3) is 0 Å². The average molecular weight is 205 g/mol. The van der Waals surface area contributed by atoms with Gasteiger partial charge >= 0.3 is 23.1 Å². The van der Waals surface area contributed by atoms with Gasteiger partial charge in [-0.05, 0) is 6.42 Å². The summed E-state index contributed by atoms with van der Waals surface area (Å²) in [6.07, 6.45) is 0.792. The summed E-state index contributed by atoms with van der Waals surface area (Å²) in [5.41, 5.74) is 0. The standard InChI is InChI=1S/C5H9O2.BrH.Mg/c1-5-6-3-2-4-7-5;;/h5H,1-4H2;1H;/q-1;;+2/p-1. The number of hydrogen-bond acceptors (Lipinski definition) is 2. The van der Waals surface area contributed by atoms with Gasteiger partial charge in [-0.3, -0.25) is 6.92 Å². The molecule has 0 spiro atoms. The number of hydrogen-bond donors (Lipinski definition) is 0. The fourth-order valence-corrected chi connectivity index (χ4v) is 0.537. The molecule has 0 amide bonds. The first kappa shape index (κ1) is 12.8. The zero-order valence-corrected chi connectivity index (χ0v) is 8.31. The summed E-state index contributed by atoms with van der Waals surface area (Å²) in [5, 5.41) is 0. The molecule has 0 aromatic carbocycles. The van der Waals surface area contributed by atoms with Gasteiger partial charge in [-0.25, -0.2) is 0 Å². The van der Waals surface area contributed by atoms with E-state index in [-0.39, 0.29) is 46.3 Å². The Balaban J connectivity index is 0. The van der Waals surface area contributed by atoms with Gasteiger partial charge in [0.2, 0.25) is 0 Å². The van der Waals surface area contributed by atoms with Crippen LogP contribution in [0.5, 0.6) is 0 Å². The zero-order chi connectivity index (χ0) is 5.11. The van der Waals surface area contributed by atoms with E-state index < -0.39 is 0 Å². The summed E-state index contributed by atoms with van der Waals surface area (Å²) in [6, 6.07) is 0. The Kier molecular flexibility index (Phi) is 10.4. The van der Waals surface area contributed by atoms with Crippen LogP contribution in [-0.4, -0.2) is 42.6 Å². The first-order chi connectivity index (χ1) is 3.39. The average Bonchev–Trinajstić information content (AvgIpc) is 1.69. The van der Waals surface area contributed by atoms with Crippen LogP contribution in [0.15, 0.2) is 0 Å². The van der Waals surface area contributed by atoms with Gasteiger partial charge in [0, 0.05) is 19.5 Å². The van der Waals surface area contributed by atoms with Gasteiger partial charge in [-0.15, -0.1) is 0 Å². The molecule has 1 fully saturated rings. The van der Waals surface area contributed by atoms with Crippen molar-refractivity contribution in [1.29, 1.82) is 0 Å². The quantitative estimate of drug-likeness (QED) is 0.314. The minimum atomic E-state index is -0.214. The maximum absolute atomic E-state index is 4.94. The molecule has 9 heavy (non-hydrogen) atoms. The first-order valence-electron chi connectivity index (χ1n) is 2.46. The van der Waals surface area contributed by atoms with E-state index in [0.717, 1.165) is 19.6 Å². The third-order valence-electron chi connectivity index (χ3n) is 0.896. The molecule has 1 aliphatic heterocycles. The topological polar surface area (TPSA) is 18.5 Å².